The van der Waals surface area contributed by atoms with Gasteiger partial charge in [0.25, 0.3) is 11.6 Å². The number of benzene rings is 2. The van der Waals surface area contributed by atoms with E-state index in [4.69, 9.17) is 11.6 Å². The number of nitrogens with zero attached hydrogens (tertiary/aromatic N) is 3. The van der Waals surface area contributed by atoms with Gasteiger partial charge in [-0.1, -0.05) is 29.8 Å². The van der Waals surface area contributed by atoms with Crippen molar-refractivity contribution < 1.29 is 19.3 Å². The average Bonchev–Trinajstić information content (AvgIpc) is 3.48. The second-order valence-corrected chi connectivity index (χ2v) is 9.44. The van der Waals surface area contributed by atoms with Gasteiger partial charge in [-0.05, 0) is 37.9 Å². The SMILES string of the molecule is Cc1ccc([N+](=O)[O-])cc1N1C(=O)[C@@H]2[C@@H]3CCCN3[C@]3(C(=O)Nc4c(Cl)cccc43)[C@H]2C1=O. The molecular weight excluding hydrogens is 448 g/mol. The highest BCUT2D eigenvalue weighted by atomic mass is 35.5. The summed E-state index contributed by atoms with van der Waals surface area (Å²) in [5.74, 6) is -2.93. The van der Waals surface area contributed by atoms with Gasteiger partial charge in [0.2, 0.25) is 11.8 Å². The third-order valence-electron chi connectivity index (χ3n) is 7.62. The number of aryl methyl sites for hydroxylation is 1. The van der Waals surface area contributed by atoms with Crippen molar-refractivity contribution in [2.24, 2.45) is 11.8 Å². The topological polar surface area (TPSA) is 113 Å². The summed E-state index contributed by atoms with van der Waals surface area (Å²) < 4.78 is 0. The molecule has 2 aromatic carbocycles. The quantitative estimate of drug-likeness (QED) is 0.413. The fraction of sp³-hybridized carbons (Fsp3) is 0.348. The van der Waals surface area contributed by atoms with Crippen molar-refractivity contribution in [1.29, 1.82) is 0 Å². The summed E-state index contributed by atoms with van der Waals surface area (Å²) in [5, 5.41) is 14.6. The third-order valence-corrected chi connectivity index (χ3v) is 7.94. The van der Waals surface area contributed by atoms with Crippen molar-refractivity contribution in [1.82, 2.24) is 4.90 Å². The fourth-order valence-electron chi connectivity index (χ4n) is 6.38. The summed E-state index contributed by atoms with van der Waals surface area (Å²) in [4.78, 5) is 55.2. The van der Waals surface area contributed by atoms with E-state index >= 15 is 0 Å². The molecule has 0 saturated carbocycles. The minimum absolute atomic E-state index is 0.193. The summed E-state index contributed by atoms with van der Waals surface area (Å²) in [7, 11) is 0. The first-order valence-electron chi connectivity index (χ1n) is 10.8. The van der Waals surface area contributed by atoms with Gasteiger partial charge >= 0.3 is 0 Å². The van der Waals surface area contributed by atoms with E-state index in [1.807, 2.05) is 4.90 Å². The second-order valence-electron chi connectivity index (χ2n) is 9.03. The van der Waals surface area contributed by atoms with Gasteiger partial charge in [0, 0.05) is 23.7 Å². The number of fused-ring (bicyclic) bond motifs is 7. The second kappa shape index (κ2) is 6.61. The molecule has 2 aromatic rings. The fourth-order valence-corrected chi connectivity index (χ4v) is 6.61. The van der Waals surface area contributed by atoms with Crippen molar-refractivity contribution in [3.63, 3.8) is 0 Å². The van der Waals surface area contributed by atoms with Crippen molar-refractivity contribution >= 4 is 46.4 Å². The van der Waals surface area contributed by atoms with Crippen LogP contribution in [-0.2, 0) is 19.9 Å². The predicted molar refractivity (Wildman–Crippen MR) is 119 cm³/mol. The van der Waals surface area contributed by atoms with Gasteiger partial charge in [-0.15, -0.1) is 0 Å². The van der Waals surface area contributed by atoms with Crippen LogP contribution < -0.4 is 10.2 Å². The van der Waals surface area contributed by atoms with Crippen LogP contribution in [0.5, 0.6) is 0 Å². The van der Waals surface area contributed by atoms with E-state index in [0.29, 0.717) is 34.8 Å². The van der Waals surface area contributed by atoms with Gasteiger partial charge in [-0.3, -0.25) is 29.4 Å². The smallest absolute Gasteiger partial charge is 0.271 e. The highest BCUT2D eigenvalue weighted by Gasteiger charge is 2.74. The summed E-state index contributed by atoms with van der Waals surface area (Å²) in [6.07, 6.45) is 1.49. The number of hydrogen-bond donors (Lipinski definition) is 1. The number of imide groups is 1. The maximum absolute atomic E-state index is 14.0. The molecule has 0 bridgehead atoms. The Morgan fingerprint density at radius 2 is 1.97 bits per heavy atom. The van der Waals surface area contributed by atoms with Crippen LogP contribution >= 0.6 is 11.6 Å². The van der Waals surface area contributed by atoms with Crippen LogP contribution in [-0.4, -0.2) is 40.1 Å². The molecule has 3 saturated heterocycles. The van der Waals surface area contributed by atoms with E-state index in [0.717, 1.165) is 11.3 Å². The molecule has 1 spiro atoms. The number of hydrogen-bond acceptors (Lipinski definition) is 6. The van der Waals surface area contributed by atoms with Gasteiger partial charge < -0.3 is 5.32 Å². The molecule has 33 heavy (non-hydrogen) atoms. The minimum Gasteiger partial charge on any atom is -0.323 e. The summed E-state index contributed by atoms with van der Waals surface area (Å²) >= 11 is 6.38. The lowest BCUT2D eigenvalue weighted by Crippen LogP contribution is -2.54. The number of carbonyl (C=O) groups is 3. The number of rotatable bonds is 2. The molecule has 1 N–H and O–H groups in total. The van der Waals surface area contributed by atoms with Gasteiger partial charge in [0.1, 0.15) is 5.54 Å². The van der Waals surface area contributed by atoms with Crippen LogP contribution in [0.15, 0.2) is 36.4 Å². The van der Waals surface area contributed by atoms with E-state index in [1.54, 1.807) is 25.1 Å². The zero-order valence-electron chi connectivity index (χ0n) is 17.6. The van der Waals surface area contributed by atoms with Crippen LogP contribution in [0.4, 0.5) is 17.1 Å². The molecule has 10 heteroatoms. The van der Waals surface area contributed by atoms with E-state index in [1.165, 1.54) is 18.2 Å². The van der Waals surface area contributed by atoms with Crippen molar-refractivity contribution in [3.8, 4) is 0 Å². The first-order valence-corrected chi connectivity index (χ1v) is 11.2. The van der Waals surface area contributed by atoms with Gasteiger partial charge in [-0.25, -0.2) is 4.90 Å². The highest BCUT2D eigenvalue weighted by Crippen LogP contribution is 2.61. The largest absolute Gasteiger partial charge is 0.323 e. The number of halogens is 1. The molecule has 4 aliphatic heterocycles. The molecule has 168 valence electrons. The zero-order valence-corrected chi connectivity index (χ0v) is 18.3. The third kappa shape index (κ3) is 2.33. The predicted octanol–water partition coefficient (Wildman–Crippen LogP) is 2.99. The molecule has 0 aliphatic carbocycles. The van der Waals surface area contributed by atoms with Gasteiger partial charge in [-0.2, -0.15) is 0 Å². The van der Waals surface area contributed by atoms with Gasteiger partial charge in [0.05, 0.1) is 33.2 Å². The minimum atomic E-state index is -1.33. The number of nitrogens with one attached hydrogen (secondary N) is 1. The Morgan fingerprint density at radius 3 is 2.73 bits per heavy atom. The van der Waals surface area contributed by atoms with E-state index in [2.05, 4.69) is 5.32 Å². The number of para-hydroxylation sites is 1. The Hall–Kier alpha value is -3.30. The maximum Gasteiger partial charge on any atom is 0.271 e. The van der Waals surface area contributed by atoms with Crippen molar-refractivity contribution in [3.05, 3.63) is 62.7 Å². The van der Waals surface area contributed by atoms with Crippen molar-refractivity contribution in [2.75, 3.05) is 16.8 Å². The average molecular weight is 467 g/mol. The van der Waals surface area contributed by atoms with Gasteiger partial charge in [0.15, 0.2) is 0 Å². The lowest BCUT2D eigenvalue weighted by Gasteiger charge is -2.36. The lowest BCUT2D eigenvalue weighted by molar-refractivity contribution is -0.384. The Kier molecular flexibility index (Phi) is 4.07. The van der Waals surface area contributed by atoms with Crippen LogP contribution in [0.2, 0.25) is 5.02 Å². The molecule has 9 nitrogen and oxygen atoms in total. The van der Waals surface area contributed by atoms with Crippen LogP contribution in [0.1, 0.15) is 24.0 Å². The molecule has 3 fully saturated rings. The summed E-state index contributed by atoms with van der Waals surface area (Å²) in [6, 6.07) is 9.05. The molecule has 0 aromatic heterocycles. The summed E-state index contributed by atoms with van der Waals surface area (Å²) in [5.41, 5.74) is 0.305. The number of nitro benzene ring substituents is 1. The maximum atomic E-state index is 14.0. The molecule has 4 aliphatic rings. The molecule has 3 amide bonds. The van der Waals surface area contributed by atoms with Crippen LogP contribution in [0, 0.1) is 28.9 Å². The van der Waals surface area contributed by atoms with E-state index in [9.17, 15) is 24.5 Å². The molecule has 0 radical (unpaired) electrons. The highest BCUT2D eigenvalue weighted by molar-refractivity contribution is 6.35. The van der Waals surface area contributed by atoms with E-state index in [-0.39, 0.29) is 23.3 Å². The standard InChI is InChI=1S/C23H19ClN4O5/c1-11-7-8-12(28(32)33)10-16(11)27-20(29)17-15-6-3-9-26(15)23(18(17)21(27)30)13-4-2-5-14(24)19(13)25-22(23)31/h2,4-5,7-8,10,15,17-18H,3,6,9H2,1H3,(H,25,31)/t15-,17+,18+,23-/m0/s1. The molecule has 4 atom stereocenters. The number of amides is 3. The number of non-ortho nitro benzene ring substituents is 1. The van der Waals surface area contributed by atoms with Crippen LogP contribution in [0.3, 0.4) is 0 Å². The monoisotopic (exact) mass is 466 g/mol. The molecule has 4 heterocycles. The Balaban J connectivity index is 1.56. The van der Waals surface area contributed by atoms with E-state index < -0.39 is 34.1 Å². The zero-order chi connectivity index (χ0) is 23.2. The lowest BCUT2D eigenvalue weighted by atomic mass is 9.75. The number of nitro groups is 1. The molecular formula is C23H19ClN4O5. The Labute approximate surface area is 193 Å². The molecule has 6 rings (SSSR count). The van der Waals surface area contributed by atoms with Crippen molar-refractivity contribution in [2.45, 2.75) is 31.3 Å². The van der Waals surface area contributed by atoms with Crippen LogP contribution in [0.25, 0.3) is 0 Å². The first kappa shape index (κ1) is 20.3. The Bertz CT molecular complexity index is 1300. The molecule has 0 unspecified atom stereocenters. The number of anilines is 2. The first-order chi connectivity index (χ1) is 15.8. The summed E-state index contributed by atoms with van der Waals surface area (Å²) in [6.45, 7) is 2.29. The Morgan fingerprint density at radius 1 is 1.18 bits per heavy atom. The normalized spacial score (nSPS) is 30.1. The number of carbonyl (C=O) groups excluding carboxylic acids is 3.